The van der Waals surface area contributed by atoms with E-state index in [1.807, 2.05) is 22.8 Å². The number of rotatable bonds is 5. The number of hydrogen-bond donors (Lipinski definition) is 0. The Morgan fingerprint density at radius 1 is 1.00 bits per heavy atom. The number of nitrogens with zero attached hydrogens (tertiary/aromatic N) is 5. The van der Waals surface area contributed by atoms with Crippen LogP contribution in [0, 0.1) is 0 Å². The van der Waals surface area contributed by atoms with Gasteiger partial charge in [-0.1, -0.05) is 30.3 Å². The number of aromatic nitrogens is 4. The monoisotopic (exact) mass is 367 g/mol. The summed E-state index contributed by atoms with van der Waals surface area (Å²) in [6.07, 6.45) is 4.10. The van der Waals surface area contributed by atoms with Crippen molar-refractivity contribution in [2.75, 3.05) is 18.0 Å². The van der Waals surface area contributed by atoms with Crippen LogP contribution in [-0.4, -0.2) is 31.8 Å². The van der Waals surface area contributed by atoms with Gasteiger partial charge in [-0.3, -0.25) is 13.9 Å². The van der Waals surface area contributed by atoms with Crippen molar-refractivity contribution in [1.29, 1.82) is 0 Å². The molecule has 1 aliphatic heterocycles. The summed E-state index contributed by atoms with van der Waals surface area (Å²) in [6.45, 7) is 2.58. The number of aryl methyl sites for hydroxylation is 3. The van der Waals surface area contributed by atoms with Crippen molar-refractivity contribution < 1.29 is 0 Å². The zero-order chi connectivity index (χ0) is 19.0. The molecule has 2 aromatic heterocycles. The molecule has 4 rings (SSSR count). The molecule has 0 bridgehead atoms. The Labute approximate surface area is 157 Å². The summed E-state index contributed by atoms with van der Waals surface area (Å²) in [4.78, 5) is 32.1. The van der Waals surface area contributed by atoms with E-state index in [-0.39, 0.29) is 11.2 Å². The molecular weight excluding hydrogens is 342 g/mol. The maximum Gasteiger partial charge on any atom is 0.332 e. The standard InChI is InChI=1S/C20H25N5O2/c1-22-17-16(18(26)23(2)20(22)27)25(19(21-17)24-12-6-7-13-24)14-8-11-15-9-4-3-5-10-15/h3-5,9-10H,6-8,11-14H2,1-2H3. The van der Waals surface area contributed by atoms with E-state index in [0.717, 1.165) is 44.7 Å². The van der Waals surface area contributed by atoms with E-state index >= 15 is 0 Å². The van der Waals surface area contributed by atoms with Crippen LogP contribution in [0.25, 0.3) is 11.2 Å². The predicted octanol–water partition coefficient (Wildman–Crippen LogP) is 1.67. The fraction of sp³-hybridized carbons (Fsp3) is 0.450. The summed E-state index contributed by atoms with van der Waals surface area (Å²) in [5, 5.41) is 0. The lowest BCUT2D eigenvalue weighted by molar-refractivity contribution is 0.640. The van der Waals surface area contributed by atoms with Gasteiger partial charge in [-0.15, -0.1) is 0 Å². The minimum Gasteiger partial charge on any atom is -0.342 e. The van der Waals surface area contributed by atoms with E-state index in [1.165, 1.54) is 21.7 Å². The van der Waals surface area contributed by atoms with E-state index in [0.29, 0.717) is 17.7 Å². The highest BCUT2D eigenvalue weighted by Crippen LogP contribution is 2.24. The molecule has 7 heteroatoms. The third-order valence-electron chi connectivity index (χ3n) is 5.41. The summed E-state index contributed by atoms with van der Waals surface area (Å²) < 4.78 is 4.67. The Balaban J connectivity index is 1.77. The van der Waals surface area contributed by atoms with Gasteiger partial charge in [0.2, 0.25) is 5.95 Å². The lowest BCUT2D eigenvalue weighted by Crippen LogP contribution is -2.37. The van der Waals surface area contributed by atoms with E-state index in [1.54, 1.807) is 7.05 Å². The van der Waals surface area contributed by atoms with Crippen LogP contribution in [0.3, 0.4) is 0 Å². The van der Waals surface area contributed by atoms with Gasteiger partial charge in [0.05, 0.1) is 0 Å². The molecule has 3 aromatic rings. The van der Waals surface area contributed by atoms with Gasteiger partial charge in [-0.25, -0.2) is 4.79 Å². The lowest BCUT2D eigenvalue weighted by Gasteiger charge is -2.18. The predicted molar refractivity (Wildman–Crippen MR) is 106 cm³/mol. The second kappa shape index (κ2) is 7.06. The van der Waals surface area contributed by atoms with Crippen LogP contribution >= 0.6 is 0 Å². The lowest BCUT2D eigenvalue weighted by atomic mass is 10.1. The Morgan fingerprint density at radius 2 is 1.70 bits per heavy atom. The number of fused-ring (bicyclic) bond motifs is 1. The highest BCUT2D eigenvalue weighted by molar-refractivity contribution is 5.74. The van der Waals surface area contributed by atoms with E-state index in [9.17, 15) is 9.59 Å². The van der Waals surface area contributed by atoms with Gasteiger partial charge >= 0.3 is 5.69 Å². The summed E-state index contributed by atoms with van der Waals surface area (Å²) in [6, 6.07) is 10.3. The Hall–Kier alpha value is -2.83. The highest BCUT2D eigenvalue weighted by Gasteiger charge is 2.24. The minimum atomic E-state index is -0.339. The van der Waals surface area contributed by atoms with E-state index < -0.39 is 0 Å². The molecule has 0 N–H and O–H groups in total. The Bertz CT molecular complexity index is 1070. The second-order valence-electron chi connectivity index (χ2n) is 7.22. The molecule has 0 radical (unpaired) electrons. The van der Waals surface area contributed by atoms with Crippen LogP contribution < -0.4 is 16.1 Å². The maximum atomic E-state index is 12.9. The third-order valence-corrected chi connectivity index (χ3v) is 5.41. The summed E-state index contributed by atoms with van der Waals surface area (Å²) in [5.74, 6) is 0.814. The van der Waals surface area contributed by atoms with Crippen LogP contribution in [-0.2, 0) is 27.1 Å². The first-order chi connectivity index (χ1) is 13.1. The first-order valence-electron chi connectivity index (χ1n) is 9.53. The smallest absolute Gasteiger partial charge is 0.332 e. The van der Waals surface area contributed by atoms with Gasteiger partial charge in [0.15, 0.2) is 11.2 Å². The van der Waals surface area contributed by atoms with Crippen molar-refractivity contribution in [3.05, 3.63) is 56.7 Å². The molecule has 1 fully saturated rings. The Morgan fingerprint density at radius 3 is 2.41 bits per heavy atom. The van der Waals surface area contributed by atoms with Crippen molar-refractivity contribution >= 4 is 17.1 Å². The molecule has 0 spiro atoms. The average Bonchev–Trinajstić information content (AvgIpc) is 3.33. The van der Waals surface area contributed by atoms with Crippen molar-refractivity contribution in [3.8, 4) is 0 Å². The van der Waals surface area contributed by atoms with Gasteiger partial charge in [0.1, 0.15) is 0 Å². The van der Waals surface area contributed by atoms with Crippen LogP contribution in [0.5, 0.6) is 0 Å². The molecule has 3 heterocycles. The van der Waals surface area contributed by atoms with Crippen molar-refractivity contribution in [2.24, 2.45) is 14.1 Å². The summed E-state index contributed by atoms with van der Waals surface area (Å²) >= 11 is 0. The largest absolute Gasteiger partial charge is 0.342 e. The molecule has 27 heavy (non-hydrogen) atoms. The van der Waals surface area contributed by atoms with Gasteiger partial charge in [-0.05, 0) is 31.2 Å². The summed E-state index contributed by atoms with van der Waals surface area (Å²) in [7, 11) is 3.21. The molecule has 1 aliphatic rings. The first kappa shape index (κ1) is 17.6. The fourth-order valence-electron chi connectivity index (χ4n) is 3.89. The van der Waals surface area contributed by atoms with Crippen LogP contribution in [0.4, 0.5) is 5.95 Å². The molecule has 0 atom stereocenters. The average molecular weight is 367 g/mol. The minimum absolute atomic E-state index is 0.272. The molecule has 0 unspecified atom stereocenters. The molecule has 0 amide bonds. The second-order valence-corrected chi connectivity index (χ2v) is 7.22. The van der Waals surface area contributed by atoms with Crippen molar-refractivity contribution in [1.82, 2.24) is 18.7 Å². The molecule has 1 saturated heterocycles. The molecule has 7 nitrogen and oxygen atoms in total. The highest BCUT2D eigenvalue weighted by atomic mass is 16.2. The molecule has 0 aliphatic carbocycles. The molecule has 0 saturated carbocycles. The third kappa shape index (κ3) is 3.07. The first-order valence-corrected chi connectivity index (χ1v) is 9.53. The van der Waals surface area contributed by atoms with Crippen LogP contribution in [0.15, 0.2) is 39.9 Å². The van der Waals surface area contributed by atoms with Crippen LogP contribution in [0.2, 0.25) is 0 Å². The molecule has 142 valence electrons. The van der Waals surface area contributed by atoms with Crippen molar-refractivity contribution in [2.45, 2.75) is 32.2 Å². The van der Waals surface area contributed by atoms with Gasteiger partial charge < -0.3 is 9.47 Å². The topological polar surface area (TPSA) is 65.1 Å². The maximum absolute atomic E-state index is 12.9. The fourth-order valence-corrected chi connectivity index (χ4v) is 3.89. The van der Waals surface area contributed by atoms with E-state index in [4.69, 9.17) is 4.98 Å². The van der Waals surface area contributed by atoms with E-state index in [2.05, 4.69) is 17.0 Å². The number of hydrogen-bond acceptors (Lipinski definition) is 4. The van der Waals surface area contributed by atoms with Gasteiger partial charge in [-0.2, -0.15) is 4.98 Å². The number of imidazole rings is 1. The van der Waals surface area contributed by atoms with Crippen molar-refractivity contribution in [3.63, 3.8) is 0 Å². The quantitative estimate of drug-likeness (QED) is 0.688. The molecular formula is C20H25N5O2. The number of anilines is 1. The summed E-state index contributed by atoms with van der Waals surface area (Å²) in [5.41, 5.74) is 1.67. The zero-order valence-corrected chi connectivity index (χ0v) is 15.9. The SMILES string of the molecule is Cn1c(=O)c2c(nc(N3CCCC3)n2CCCc2ccccc2)n(C)c1=O. The molecule has 1 aromatic carbocycles. The normalized spacial score (nSPS) is 14.4. The Kier molecular flexibility index (Phi) is 4.59. The van der Waals surface area contributed by atoms with Gasteiger partial charge in [0, 0.05) is 33.7 Å². The van der Waals surface area contributed by atoms with Crippen LogP contribution in [0.1, 0.15) is 24.8 Å². The number of benzene rings is 1. The van der Waals surface area contributed by atoms with Gasteiger partial charge in [0.25, 0.3) is 5.56 Å². The zero-order valence-electron chi connectivity index (χ0n) is 15.9.